The Bertz CT molecular complexity index is 502. The Morgan fingerprint density at radius 1 is 1.21 bits per heavy atom. The standard InChI is InChI=1S/C15H21N3S/c1-12(2)18-9-8-14(17-18)11-19-15-6-4-13(5-7-15)10-16-3/h4-9,12,16H,10-11H2,1-3H3. The van der Waals surface area contributed by atoms with E-state index < -0.39 is 0 Å². The summed E-state index contributed by atoms with van der Waals surface area (Å²) in [6, 6.07) is 11.2. The summed E-state index contributed by atoms with van der Waals surface area (Å²) in [6.45, 7) is 5.21. The Labute approximate surface area is 119 Å². The van der Waals surface area contributed by atoms with Crippen molar-refractivity contribution < 1.29 is 0 Å². The molecule has 0 atom stereocenters. The van der Waals surface area contributed by atoms with E-state index in [1.54, 1.807) is 0 Å². The number of thioether (sulfide) groups is 1. The average Bonchev–Trinajstić information content (AvgIpc) is 2.87. The highest BCUT2D eigenvalue weighted by Gasteiger charge is 2.03. The van der Waals surface area contributed by atoms with E-state index in [9.17, 15) is 0 Å². The molecule has 0 aliphatic carbocycles. The van der Waals surface area contributed by atoms with Crippen molar-refractivity contribution in [2.75, 3.05) is 7.05 Å². The summed E-state index contributed by atoms with van der Waals surface area (Å²) < 4.78 is 2.01. The molecule has 2 aromatic rings. The lowest BCUT2D eigenvalue weighted by atomic mass is 10.2. The first-order chi connectivity index (χ1) is 9.19. The van der Waals surface area contributed by atoms with Gasteiger partial charge in [0, 0.05) is 29.4 Å². The molecule has 0 radical (unpaired) electrons. The summed E-state index contributed by atoms with van der Waals surface area (Å²) in [5.41, 5.74) is 2.45. The zero-order chi connectivity index (χ0) is 13.7. The van der Waals surface area contributed by atoms with E-state index in [4.69, 9.17) is 0 Å². The fourth-order valence-electron chi connectivity index (χ4n) is 1.81. The Morgan fingerprint density at radius 2 is 1.95 bits per heavy atom. The van der Waals surface area contributed by atoms with Gasteiger partial charge in [-0.25, -0.2) is 0 Å². The van der Waals surface area contributed by atoms with Gasteiger partial charge in [0.25, 0.3) is 0 Å². The molecule has 0 saturated carbocycles. The van der Waals surface area contributed by atoms with Gasteiger partial charge in [-0.3, -0.25) is 4.68 Å². The molecule has 0 saturated heterocycles. The number of rotatable bonds is 6. The van der Waals surface area contributed by atoms with Crippen molar-refractivity contribution in [1.29, 1.82) is 0 Å². The number of nitrogens with one attached hydrogen (secondary N) is 1. The summed E-state index contributed by atoms with van der Waals surface area (Å²) in [5, 5.41) is 7.71. The van der Waals surface area contributed by atoms with Crippen molar-refractivity contribution in [2.24, 2.45) is 0 Å². The quantitative estimate of drug-likeness (QED) is 0.819. The van der Waals surface area contributed by atoms with Crippen molar-refractivity contribution in [1.82, 2.24) is 15.1 Å². The Morgan fingerprint density at radius 3 is 2.53 bits per heavy atom. The highest BCUT2D eigenvalue weighted by Crippen LogP contribution is 2.22. The van der Waals surface area contributed by atoms with Crippen LogP contribution in [0.1, 0.15) is 31.1 Å². The van der Waals surface area contributed by atoms with Gasteiger partial charge in [-0.15, -0.1) is 11.8 Å². The average molecular weight is 275 g/mol. The molecule has 102 valence electrons. The Balaban J connectivity index is 1.90. The summed E-state index contributed by atoms with van der Waals surface area (Å²) >= 11 is 1.83. The van der Waals surface area contributed by atoms with E-state index in [0.29, 0.717) is 6.04 Å². The van der Waals surface area contributed by atoms with Gasteiger partial charge in [0.2, 0.25) is 0 Å². The van der Waals surface area contributed by atoms with Crippen molar-refractivity contribution >= 4 is 11.8 Å². The minimum atomic E-state index is 0.430. The van der Waals surface area contributed by atoms with Gasteiger partial charge < -0.3 is 5.32 Å². The Hall–Kier alpha value is -1.26. The van der Waals surface area contributed by atoms with Crippen LogP contribution in [0.3, 0.4) is 0 Å². The van der Waals surface area contributed by atoms with Gasteiger partial charge in [-0.05, 0) is 44.7 Å². The first kappa shape index (κ1) is 14.2. The molecule has 0 aliphatic rings. The molecule has 0 amide bonds. The lowest BCUT2D eigenvalue weighted by Crippen LogP contribution is -2.04. The van der Waals surface area contributed by atoms with Crippen molar-refractivity contribution in [2.45, 2.75) is 37.1 Å². The molecule has 1 aromatic heterocycles. The monoisotopic (exact) mass is 275 g/mol. The first-order valence-electron chi connectivity index (χ1n) is 6.59. The molecule has 0 spiro atoms. The third-order valence-corrected chi connectivity index (χ3v) is 3.93. The minimum Gasteiger partial charge on any atom is -0.316 e. The lowest BCUT2D eigenvalue weighted by molar-refractivity contribution is 0.529. The molecule has 3 nitrogen and oxygen atoms in total. The maximum absolute atomic E-state index is 4.56. The second kappa shape index (κ2) is 6.78. The van der Waals surface area contributed by atoms with E-state index in [-0.39, 0.29) is 0 Å². The molecule has 2 rings (SSSR count). The zero-order valence-corrected chi connectivity index (χ0v) is 12.6. The molecule has 0 bridgehead atoms. The highest BCUT2D eigenvalue weighted by atomic mass is 32.2. The van der Waals surface area contributed by atoms with Crippen LogP contribution in [-0.2, 0) is 12.3 Å². The lowest BCUT2D eigenvalue weighted by Gasteiger charge is -2.04. The topological polar surface area (TPSA) is 29.9 Å². The first-order valence-corrected chi connectivity index (χ1v) is 7.58. The van der Waals surface area contributed by atoms with Crippen molar-refractivity contribution in [3.63, 3.8) is 0 Å². The second-order valence-corrected chi connectivity index (χ2v) is 5.89. The number of nitrogens with zero attached hydrogens (tertiary/aromatic N) is 2. The highest BCUT2D eigenvalue weighted by molar-refractivity contribution is 7.98. The summed E-state index contributed by atoms with van der Waals surface area (Å²) in [4.78, 5) is 1.29. The molecule has 1 N–H and O–H groups in total. The van der Waals surface area contributed by atoms with Crippen LogP contribution in [0.2, 0.25) is 0 Å². The predicted molar refractivity (Wildman–Crippen MR) is 81.4 cm³/mol. The maximum Gasteiger partial charge on any atom is 0.0727 e. The number of hydrogen-bond donors (Lipinski definition) is 1. The van der Waals surface area contributed by atoms with Crippen LogP contribution in [0.4, 0.5) is 0 Å². The molecule has 1 heterocycles. The summed E-state index contributed by atoms with van der Waals surface area (Å²) in [6.07, 6.45) is 2.05. The van der Waals surface area contributed by atoms with Crippen LogP contribution >= 0.6 is 11.8 Å². The fraction of sp³-hybridized carbons (Fsp3) is 0.400. The van der Waals surface area contributed by atoms with Gasteiger partial charge >= 0.3 is 0 Å². The number of hydrogen-bond acceptors (Lipinski definition) is 3. The van der Waals surface area contributed by atoms with Crippen molar-refractivity contribution in [3.8, 4) is 0 Å². The number of benzene rings is 1. The molecule has 4 heteroatoms. The zero-order valence-electron chi connectivity index (χ0n) is 11.8. The molecular formula is C15H21N3S. The van der Waals surface area contributed by atoms with Crippen LogP contribution < -0.4 is 5.32 Å². The minimum absolute atomic E-state index is 0.430. The third kappa shape index (κ3) is 4.11. The van der Waals surface area contributed by atoms with Crippen LogP contribution in [0.25, 0.3) is 0 Å². The van der Waals surface area contributed by atoms with Crippen LogP contribution in [0.15, 0.2) is 41.4 Å². The van der Waals surface area contributed by atoms with Gasteiger partial charge in [0.05, 0.1) is 5.69 Å². The molecular weight excluding hydrogens is 254 g/mol. The molecule has 1 aromatic carbocycles. The fourth-order valence-corrected chi connectivity index (χ4v) is 2.60. The van der Waals surface area contributed by atoms with Gasteiger partial charge in [-0.2, -0.15) is 5.10 Å². The van der Waals surface area contributed by atoms with E-state index in [2.05, 4.69) is 60.8 Å². The SMILES string of the molecule is CNCc1ccc(SCc2ccn(C(C)C)n2)cc1. The molecule has 19 heavy (non-hydrogen) atoms. The smallest absolute Gasteiger partial charge is 0.0727 e. The van der Waals surface area contributed by atoms with Crippen molar-refractivity contribution in [3.05, 3.63) is 47.8 Å². The third-order valence-electron chi connectivity index (χ3n) is 2.88. The second-order valence-electron chi connectivity index (χ2n) is 4.84. The van der Waals surface area contributed by atoms with Gasteiger partial charge in [0.1, 0.15) is 0 Å². The predicted octanol–water partition coefficient (Wildman–Crippen LogP) is 3.48. The molecule has 0 aliphatic heterocycles. The largest absolute Gasteiger partial charge is 0.316 e. The normalized spacial score (nSPS) is 11.2. The Kier molecular flexibility index (Phi) is 5.05. The van der Waals surface area contributed by atoms with E-state index >= 15 is 0 Å². The molecule has 0 fully saturated rings. The van der Waals surface area contributed by atoms with Gasteiger partial charge in [0.15, 0.2) is 0 Å². The van der Waals surface area contributed by atoms with Crippen LogP contribution in [0.5, 0.6) is 0 Å². The van der Waals surface area contributed by atoms with Crippen LogP contribution in [0, 0.1) is 0 Å². The summed E-state index contributed by atoms with van der Waals surface area (Å²) in [5.74, 6) is 0.922. The van der Waals surface area contributed by atoms with E-state index in [0.717, 1.165) is 18.0 Å². The van der Waals surface area contributed by atoms with Gasteiger partial charge in [-0.1, -0.05) is 12.1 Å². The van der Waals surface area contributed by atoms with E-state index in [1.807, 2.05) is 23.5 Å². The maximum atomic E-state index is 4.56. The molecule has 0 unspecified atom stereocenters. The number of aromatic nitrogens is 2. The summed E-state index contributed by atoms with van der Waals surface area (Å²) in [7, 11) is 1.97. The van der Waals surface area contributed by atoms with E-state index in [1.165, 1.54) is 10.5 Å². The van der Waals surface area contributed by atoms with Crippen LogP contribution in [-0.4, -0.2) is 16.8 Å².